The van der Waals surface area contributed by atoms with Crippen LogP contribution >= 0.6 is 0 Å². The van der Waals surface area contributed by atoms with E-state index in [1.807, 2.05) is 29.2 Å². The van der Waals surface area contributed by atoms with Gasteiger partial charge in [-0.2, -0.15) is 18.4 Å². The van der Waals surface area contributed by atoms with Gasteiger partial charge in [0.15, 0.2) is 0 Å². The van der Waals surface area contributed by atoms with E-state index in [2.05, 4.69) is 55.8 Å². The van der Waals surface area contributed by atoms with Crippen molar-refractivity contribution < 1.29 is 13.2 Å². The smallest absolute Gasteiger partial charge is 0.353 e. The zero-order valence-corrected chi connectivity index (χ0v) is 26.4. The molecule has 7 rings (SSSR count). The number of nitrogens with one attached hydrogen (secondary N) is 2. The SMILES string of the molecule is C=C(Nc1ncc[nH]1)C(c1ncn2c1CCC2)N1Cc2c(cc(C#Cc3ccc(CN4CCC(C#N)CC4)cc3)cc2C(F)(F)F)C1=C. The summed E-state index contributed by atoms with van der Waals surface area (Å²) >= 11 is 0. The number of aromatic nitrogens is 4. The fourth-order valence-electron chi connectivity index (χ4n) is 7.00. The standard InChI is InChI=1S/C37H35F3N8/c1-24(45-36-42-13-14-43-36)35(34-33-4-3-15-47(33)23-44-34)48-22-31-30(25(48)2)18-29(19-32(31)37(38,39)40)10-7-26-5-8-28(9-6-26)21-46-16-11-27(20-41)12-17-46/h5-6,8-9,13-14,18-19,23,27,35H,1-4,11-12,15-17,21-22H2,(H2,42,43,45). The summed E-state index contributed by atoms with van der Waals surface area (Å²) in [6.45, 7) is 12.0. The van der Waals surface area contributed by atoms with Crippen LogP contribution in [0.3, 0.4) is 0 Å². The first-order valence-corrected chi connectivity index (χ1v) is 16.1. The second-order valence-electron chi connectivity index (χ2n) is 12.6. The van der Waals surface area contributed by atoms with Gasteiger partial charge >= 0.3 is 6.18 Å². The van der Waals surface area contributed by atoms with Crippen molar-refractivity contribution in [3.05, 3.63) is 119 Å². The number of aromatic amines is 1. The second kappa shape index (κ2) is 12.7. The number of fused-ring (bicyclic) bond motifs is 2. The van der Waals surface area contributed by atoms with Crippen LogP contribution in [0.2, 0.25) is 0 Å². The first-order valence-electron chi connectivity index (χ1n) is 16.1. The number of alkyl halides is 3. The van der Waals surface area contributed by atoms with Crippen LogP contribution in [-0.2, 0) is 32.2 Å². The Morgan fingerprint density at radius 3 is 2.56 bits per heavy atom. The molecular formula is C37H35F3N8. The molecule has 11 heteroatoms. The van der Waals surface area contributed by atoms with Crippen LogP contribution in [0.5, 0.6) is 0 Å². The molecule has 0 saturated carbocycles. The van der Waals surface area contributed by atoms with Crippen molar-refractivity contribution in [2.45, 2.75) is 57.5 Å². The number of halogens is 3. The molecule has 0 aliphatic carbocycles. The van der Waals surface area contributed by atoms with Gasteiger partial charge in [0, 0.05) is 71.7 Å². The van der Waals surface area contributed by atoms with E-state index in [0.717, 1.165) is 74.9 Å². The predicted octanol–water partition coefficient (Wildman–Crippen LogP) is 6.86. The molecule has 1 saturated heterocycles. The number of nitriles is 1. The van der Waals surface area contributed by atoms with Gasteiger partial charge in [-0.1, -0.05) is 37.1 Å². The summed E-state index contributed by atoms with van der Waals surface area (Å²) in [5, 5.41) is 12.3. The maximum absolute atomic E-state index is 14.6. The molecule has 1 fully saturated rings. The number of rotatable bonds is 7. The Labute approximate surface area is 277 Å². The maximum Gasteiger partial charge on any atom is 0.416 e. The van der Waals surface area contributed by atoms with Gasteiger partial charge in [0.25, 0.3) is 0 Å². The van der Waals surface area contributed by atoms with Crippen molar-refractivity contribution in [3.63, 3.8) is 0 Å². The maximum atomic E-state index is 14.6. The molecule has 0 bridgehead atoms. The lowest BCUT2D eigenvalue weighted by atomic mass is 9.98. The summed E-state index contributed by atoms with van der Waals surface area (Å²) in [5.41, 5.74) is 4.73. The second-order valence-corrected chi connectivity index (χ2v) is 12.6. The molecule has 1 unspecified atom stereocenters. The van der Waals surface area contributed by atoms with Crippen LogP contribution in [0.15, 0.2) is 74.0 Å². The van der Waals surface area contributed by atoms with Crippen molar-refractivity contribution in [1.82, 2.24) is 29.3 Å². The van der Waals surface area contributed by atoms with Crippen LogP contribution in [0, 0.1) is 29.1 Å². The molecule has 1 atom stereocenters. The van der Waals surface area contributed by atoms with E-state index in [4.69, 9.17) is 10.2 Å². The number of benzene rings is 2. The van der Waals surface area contributed by atoms with Crippen molar-refractivity contribution in [2.24, 2.45) is 5.92 Å². The van der Waals surface area contributed by atoms with Crippen LogP contribution < -0.4 is 5.32 Å². The molecule has 8 nitrogen and oxygen atoms in total. The number of imidazole rings is 2. The van der Waals surface area contributed by atoms with Crippen molar-refractivity contribution in [3.8, 4) is 17.9 Å². The van der Waals surface area contributed by atoms with Crippen LogP contribution in [-0.4, -0.2) is 42.4 Å². The largest absolute Gasteiger partial charge is 0.416 e. The van der Waals surface area contributed by atoms with Gasteiger partial charge in [-0.3, -0.25) is 4.90 Å². The van der Waals surface area contributed by atoms with Gasteiger partial charge in [0.1, 0.15) is 6.04 Å². The van der Waals surface area contributed by atoms with Crippen LogP contribution in [0.25, 0.3) is 5.70 Å². The summed E-state index contributed by atoms with van der Waals surface area (Å²) in [6.07, 6.45) is 4.05. The third-order valence-corrected chi connectivity index (χ3v) is 9.49. The zero-order chi connectivity index (χ0) is 33.4. The number of H-pyrrole nitrogens is 1. The Balaban J connectivity index is 1.16. The quantitative estimate of drug-likeness (QED) is 0.213. The Kier molecular flexibility index (Phi) is 8.32. The Morgan fingerprint density at radius 1 is 1.08 bits per heavy atom. The minimum absolute atomic E-state index is 0.0117. The molecule has 3 aliphatic rings. The summed E-state index contributed by atoms with van der Waals surface area (Å²) in [4.78, 5) is 16.1. The number of hydrogen-bond acceptors (Lipinski definition) is 6. The number of aryl methyl sites for hydroxylation is 1. The molecule has 48 heavy (non-hydrogen) atoms. The average molecular weight is 649 g/mol. The monoisotopic (exact) mass is 648 g/mol. The lowest BCUT2D eigenvalue weighted by molar-refractivity contribution is -0.138. The fraction of sp³-hybridized carbons (Fsp3) is 0.324. The van der Waals surface area contributed by atoms with E-state index >= 15 is 0 Å². The average Bonchev–Trinajstić information content (AvgIpc) is 3.88. The molecule has 0 amide bonds. The van der Waals surface area contributed by atoms with Crippen molar-refractivity contribution >= 4 is 11.6 Å². The first kappa shape index (κ1) is 31.3. The molecular weight excluding hydrogens is 613 g/mol. The molecule has 2 aromatic carbocycles. The minimum Gasteiger partial charge on any atom is -0.353 e. The predicted molar refractivity (Wildman–Crippen MR) is 177 cm³/mol. The lowest BCUT2D eigenvalue weighted by Crippen LogP contribution is -2.32. The van der Waals surface area contributed by atoms with E-state index in [1.54, 1.807) is 24.8 Å². The molecule has 4 aromatic rings. The number of piperidine rings is 1. The highest BCUT2D eigenvalue weighted by Crippen LogP contribution is 2.46. The van der Waals surface area contributed by atoms with E-state index in [0.29, 0.717) is 28.5 Å². The van der Waals surface area contributed by atoms with Crippen molar-refractivity contribution in [1.29, 1.82) is 5.26 Å². The molecule has 0 spiro atoms. The van der Waals surface area contributed by atoms with E-state index in [9.17, 15) is 13.2 Å². The fourth-order valence-corrected chi connectivity index (χ4v) is 7.00. The summed E-state index contributed by atoms with van der Waals surface area (Å²) in [5.74, 6) is 6.66. The first-order chi connectivity index (χ1) is 23.2. The highest BCUT2D eigenvalue weighted by atomic mass is 19.4. The number of hydrogen-bond donors (Lipinski definition) is 2. The van der Waals surface area contributed by atoms with Gasteiger partial charge < -0.3 is 19.8 Å². The lowest BCUT2D eigenvalue weighted by Gasteiger charge is -2.32. The number of nitrogens with zero attached hydrogens (tertiary/aromatic N) is 6. The number of anilines is 1. The highest BCUT2D eigenvalue weighted by molar-refractivity contribution is 5.73. The topological polar surface area (TPSA) is 88.8 Å². The molecule has 2 aromatic heterocycles. The van der Waals surface area contributed by atoms with Crippen LogP contribution in [0.1, 0.15) is 70.1 Å². The molecule has 244 valence electrons. The Bertz CT molecular complexity index is 1950. The summed E-state index contributed by atoms with van der Waals surface area (Å²) in [7, 11) is 0. The number of likely N-dealkylation sites (tertiary alicyclic amines) is 1. The van der Waals surface area contributed by atoms with Gasteiger partial charge in [-0.15, -0.1) is 0 Å². The van der Waals surface area contributed by atoms with Crippen LogP contribution in [0.4, 0.5) is 19.1 Å². The van der Waals surface area contributed by atoms with Gasteiger partial charge in [0.05, 0.1) is 23.7 Å². The Hall–Kier alpha value is -5.26. The molecule has 3 aliphatic heterocycles. The minimum atomic E-state index is -4.59. The van der Waals surface area contributed by atoms with E-state index in [-0.39, 0.29) is 23.6 Å². The van der Waals surface area contributed by atoms with E-state index in [1.165, 1.54) is 0 Å². The van der Waals surface area contributed by atoms with Gasteiger partial charge in [0.2, 0.25) is 5.95 Å². The van der Waals surface area contributed by atoms with Gasteiger partial charge in [-0.05, 0) is 74.2 Å². The molecule has 2 N–H and O–H groups in total. The zero-order valence-electron chi connectivity index (χ0n) is 26.4. The Morgan fingerprint density at radius 2 is 1.85 bits per heavy atom. The van der Waals surface area contributed by atoms with Gasteiger partial charge in [-0.25, -0.2) is 9.97 Å². The van der Waals surface area contributed by atoms with E-state index < -0.39 is 17.8 Å². The third-order valence-electron chi connectivity index (χ3n) is 9.49. The molecule has 5 heterocycles. The normalized spacial score (nSPS) is 17.0. The molecule has 0 radical (unpaired) electrons. The van der Waals surface area contributed by atoms with Crippen molar-refractivity contribution in [2.75, 3.05) is 18.4 Å². The summed E-state index contributed by atoms with van der Waals surface area (Å²) < 4.78 is 45.9. The highest BCUT2D eigenvalue weighted by Gasteiger charge is 2.41. The third kappa shape index (κ3) is 6.22. The summed E-state index contributed by atoms with van der Waals surface area (Å²) in [6, 6.07) is 12.4.